The molecule has 0 aliphatic carbocycles. The molecule has 2 heterocycles. The molecule has 0 radical (unpaired) electrons. The standard InChI is InChI=1S/C19H15ClN4OS2/c20-13-6-7-16(24-9-3-8-21-24)15(10-13)22-18(25)11-26-12-19-23-14-4-1-2-5-17(14)27-19/h1-10H,11-12H2,(H,22,25). The van der Waals surface area contributed by atoms with E-state index < -0.39 is 0 Å². The summed E-state index contributed by atoms with van der Waals surface area (Å²) in [5.74, 6) is 0.951. The monoisotopic (exact) mass is 414 g/mol. The molecule has 1 amide bonds. The minimum absolute atomic E-state index is 0.0863. The van der Waals surface area contributed by atoms with Gasteiger partial charge in [0.25, 0.3) is 0 Å². The average molecular weight is 415 g/mol. The van der Waals surface area contributed by atoms with Crippen molar-refractivity contribution in [1.29, 1.82) is 0 Å². The van der Waals surface area contributed by atoms with Crippen LogP contribution in [0.4, 0.5) is 5.69 Å². The number of nitrogens with zero attached hydrogens (tertiary/aromatic N) is 3. The molecule has 4 rings (SSSR count). The molecule has 2 aromatic carbocycles. The third-order valence-electron chi connectivity index (χ3n) is 3.78. The molecule has 0 atom stereocenters. The molecule has 0 saturated heterocycles. The van der Waals surface area contributed by atoms with E-state index in [0.29, 0.717) is 22.2 Å². The number of thiazole rings is 1. The third-order valence-corrected chi connectivity index (χ3v) is 6.18. The second-order valence-corrected chi connectivity index (χ2v) is 8.27. The number of anilines is 1. The molecule has 0 aliphatic heterocycles. The van der Waals surface area contributed by atoms with E-state index in [-0.39, 0.29) is 5.91 Å². The van der Waals surface area contributed by atoms with Crippen molar-refractivity contribution in [1.82, 2.24) is 14.8 Å². The van der Waals surface area contributed by atoms with Crippen molar-refractivity contribution >= 4 is 56.5 Å². The molecule has 5 nitrogen and oxygen atoms in total. The van der Waals surface area contributed by atoms with Crippen LogP contribution in [-0.4, -0.2) is 26.4 Å². The molecule has 1 N–H and O–H groups in total. The normalized spacial score (nSPS) is 11.0. The van der Waals surface area contributed by atoms with E-state index in [0.717, 1.165) is 16.2 Å². The molecular weight excluding hydrogens is 400 g/mol. The van der Waals surface area contributed by atoms with Gasteiger partial charge in [-0.15, -0.1) is 23.1 Å². The lowest BCUT2D eigenvalue weighted by Gasteiger charge is -2.11. The Labute approximate surface area is 169 Å². The molecule has 136 valence electrons. The third kappa shape index (κ3) is 4.32. The van der Waals surface area contributed by atoms with E-state index in [2.05, 4.69) is 21.5 Å². The Bertz CT molecular complexity index is 1050. The van der Waals surface area contributed by atoms with Gasteiger partial charge in [-0.3, -0.25) is 4.79 Å². The highest BCUT2D eigenvalue weighted by Crippen LogP contribution is 2.26. The van der Waals surface area contributed by atoms with Crippen molar-refractivity contribution in [2.45, 2.75) is 5.75 Å². The Morgan fingerprint density at radius 1 is 1.22 bits per heavy atom. The molecule has 0 spiro atoms. The molecule has 2 aromatic heterocycles. The average Bonchev–Trinajstić information content (AvgIpc) is 3.31. The van der Waals surface area contributed by atoms with Gasteiger partial charge in [-0.2, -0.15) is 5.10 Å². The lowest BCUT2D eigenvalue weighted by Crippen LogP contribution is -2.16. The van der Waals surface area contributed by atoms with E-state index in [1.165, 1.54) is 16.5 Å². The highest BCUT2D eigenvalue weighted by atomic mass is 35.5. The number of aromatic nitrogens is 3. The number of fused-ring (bicyclic) bond motifs is 1. The van der Waals surface area contributed by atoms with Gasteiger partial charge in [0.1, 0.15) is 5.01 Å². The minimum Gasteiger partial charge on any atom is -0.323 e. The van der Waals surface area contributed by atoms with Crippen molar-refractivity contribution in [3.05, 3.63) is 71.0 Å². The number of carbonyl (C=O) groups excluding carboxylic acids is 1. The molecule has 0 aliphatic rings. The van der Waals surface area contributed by atoms with E-state index in [4.69, 9.17) is 11.6 Å². The molecular formula is C19H15ClN4OS2. The van der Waals surface area contributed by atoms with Crippen LogP contribution >= 0.6 is 34.7 Å². The maximum absolute atomic E-state index is 12.4. The van der Waals surface area contributed by atoms with Crippen LogP contribution in [0.5, 0.6) is 0 Å². The van der Waals surface area contributed by atoms with Crippen molar-refractivity contribution < 1.29 is 4.79 Å². The first-order chi connectivity index (χ1) is 13.2. The van der Waals surface area contributed by atoms with Crippen LogP contribution in [0.3, 0.4) is 0 Å². The van der Waals surface area contributed by atoms with Crippen molar-refractivity contribution in [2.24, 2.45) is 0 Å². The highest BCUT2D eigenvalue weighted by molar-refractivity contribution is 7.99. The summed E-state index contributed by atoms with van der Waals surface area (Å²) in [6.45, 7) is 0. The highest BCUT2D eigenvalue weighted by Gasteiger charge is 2.11. The summed E-state index contributed by atoms with van der Waals surface area (Å²) in [5.41, 5.74) is 2.41. The summed E-state index contributed by atoms with van der Waals surface area (Å²) < 4.78 is 2.86. The van der Waals surface area contributed by atoms with Gasteiger partial charge in [-0.1, -0.05) is 23.7 Å². The summed E-state index contributed by atoms with van der Waals surface area (Å²) in [4.78, 5) is 17.0. The topological polar surface area (TPSA) is 59.8 Å². The SMILES string of the molecule is O=C(CSCc1nc2ccccc2s1)Nc1cc(Cl)ccc1-n1cccn1. The van der Waals surface area contributed by atoms with E-state index in [9.17, 15) is 4.79 Å². The first-order valence-electron chi connectivity index (χ1n) is 8.21. The Hall–Kier alpha value is -2.35. The Morgan fingerprint density at radius 2 is 2.11 bits per heavy atom. The zero-order valence-electron chi connectivity index (χ0n) is 14.1. The Balaban J connectivity index is 1.39. The lowest BCUT2D eigenvalue weighted by atomic mass is 10.2. The maximum Gasteiger partial charge on any atom is 0.234 e. The maximum atomic E-state index is 12.4. The first-order valence-corrected chi connectivity index (χ1v) is 10.6. The number of halogens is 1. The van der Waals surface area contributed by atoms with Gasteiger partial charge in [0, 0.05) is 23.2 Å². The van der Waals surface area contributed by atoms with Gasteiger partial charge >= 0.3 is 0 Å². The van der Waals surface area contributed by atoms with Gasteiger partial charge in [0.15, 0.2) is 0 Å². The van der Waals surface area contributed by atoms with Crippen LogP contribution in [-0.2, 0) is 10.5 Å². The molecule has 0 saturated carbocycles. The fourth-order valence-corrected chi connectivity index (χ4v) is 4.64. The van der Waals surface area contributed by atoms with Crippen molar-refractivity contribution in [3.63, 3.8) is 0 Å². The molecule has 0 unspecified atom stereocenters. The number of rotatable bonds is 6. The Morgan fingerprint density at radius 3 is 2.93 bits per heavy atom. The van der Waals surface area contributed by atoms with Crippen LogP contribution < -0.4 is 5.32 Å². The zero-order valence-corrected chi connectivity index (χ0v) is 16.5. The second-order valence-electron chi connectivity index (χ2n) is 5.73. The van der Waals surface area contributed by atoms with Crippen LogP contribution in [0.15, 0.2) is 60.9 Å². The summed E-state index contributed by atoms with van der Waals surface area (Å²) in [6, 6.07) is 15.2. The minimum atomic E-state index is -0.0863. The van der Waals surface area contributed by atoms with E-state index in [1.54, 1.807) is 34.3 Å². The number of hydrogen-bond acceptors (Lipinski definition) is 5. The first kappa shape index (κ1) is 18.0. The van der Waals surface area contributed by atoms with Crippen LogP contribution in [0.2, 0.25) is 5.02 Å². The zero-order chi connectivity index (χ0) is 18.6. The van der Waals surface area contributed by atoms with Gasteiger partial charge in [-0.25, -0.2) is 9.67 Å². The summed E-state index contributed by atoms with van der Waals surface area (Å²) in [6.07, 6.45) is 3.51. The molecule has 27 heavy (non-hydrogen) atoms. The number of para-hydroxylation sites is 1. The fourth-order valence-electron chi connectivity index (χ4n) is 2.62. The van der Waals surface area contributed by atoms with Gasteiger partial charge in [0.2, 0.25) is 5.91 Å². The smallest absolute Gasteiger partial charge is 0.234 e. The summed E-state index contributed by atoms with van der Waals surface area (Å²) in [5, 5.41) is 8.73. The number of amides is 1. The Kier molecular flexibility index (Phi) is 5.42. The summed E-state index contributed by atoms with van der Waals surface area (Å²) >= 11 is 9.29. The van der Waals surface area contributed by atoms with Gasteiger partial charge in [-0.05, 0) is 36.4 Å². The molecule has 8 heteroatoms. The summed E-state index contributed by atoms with van der Waals surface area (Å²) in [7, 11) is 0. The number of benzene rings is 2. The number of nitrogens with one attached hydrogen (secondary N) is 1. The van der Waals surface area contributed by atoms with E-state index >= 15 is 0 Å². The second kappa shape index (κ2) is 8.12. The van der Waals surface area contributed by atoms with E-state index in [1.807, 2.05) is 36.5 Å². The predicted molar refractivity (Wildman–Crippen MR) is 113 cm³/mol. The number of hydrogen-bond donors (Lipinski definition) is 1. The quantitative estimate of drug-likeness (QED) is 0.482. The molecule has 0 fully saturated rings. The van der Waals surface area contributed by atoms with Crippen LogP contribution in [0.25, 0.3) is 15.9 Å². The predicted octanol–water partition coefficient (Wildman–Crippen LogP) is 5.01. The molecule has 0 bridgehead atoms. The molecule has 4 aromatic rings. The van der Waals surface area contributed by atoms with Crippen molar-refractivity contribution in [3.8, 4) is 5.69 Å². The van der Waals surface area contributed by atoms with Crippen LogP contribution in [0, 0.1) is 0 Å². The van der Waals surface area contributed by atoms with Crippen molar-refractivity contribution in [2.75, 3.05) is 11.1 Å². The largest absolute Gasteiger partial charge is 0.323 e. The number of carbonyl (C=O) groups is 1. The van der Waals surface area contributed by atoms with Gasteiger partial charge < -0.3 is 5.32 Å². The number of thioether (sulfide) groups is 1. The van der Waals surface area contributed by atoms with Gasteiger partial charge in [0.05, 0.1) is 27.3 Å². The van der Waals surface area contributed by atoms with Crippen LogP contribution in [0.1, 0.15) is 5.01 Å². The lowest BCUT2D eigenvalue weighted by molar-refractivity contribution is -0.113. The fraction of sp³-hybridized carbons (Fsp3) is 0.105.